The molecule has 0 aliphatic rings. The topological polar surface area (TPSA) is 26.3 Å². The SMILES string of the molecule is CC(C)c1ccc(OC(=O)c2ccccc2)cc1. The van der Waals surface area contributed by atoms with Gasteiger partial charge in [0.05, 0.1) is 5.56 Å². The summed E-state index contributed by atoms with van der Waals surface area (Å²) in [5.41, 5.74) is 1.79. The highest BCUT2D eigenvalue weighted by molar-refractivity contribution is 5.90. The third-order valence-corrected chi connectivity index (χ3v) is 2.77. The second-order valence-corrected chi connectivity index (χ2v) is 4.48. The van der Waals surface area contributed by atoms with Crippen LogP contribution in [0, 0.1) is 0 Å². The molecule has 0 saturated carbocycles. The Labute approximate surface area is 107 Å². The van der Waals surface area contributed by atoms with Gasteiger partial charge >= 0.3 is 5.97 Å². The van der Waals surface area contributed by atoms with E-state index in [4.69, 9.17) is 4.74 Å². The van der Waals surface area contributed by atoms with Crippen LogP contribution in [0.15, 0.2) is 54.6 Å². The van der Waals surface area contributed by atoms with Gasteiger partial charge in [-0.1, -0.05) is 44.2 Å². The van der Waals surface area contributed by atoms with Crippen LogP contribution in [-0.4, -0.2) is 5.97 Å². The molecule has 2 aromatic carbocycles. The highest BCUT2D eigenvalue weighted by atomic mass is 16.5. The van der Waals surface area contributed by atoms with Gasteiger partial charge in [0.25, 0.3) is 0 Å². The molecule has 2 heteroatoms. The molecule has 0 fully saturated rings. The molecule has 18 heavy (non-hydrogen) atoms. The van der Waals surface area contributed by atoms with E-state index >= 15 is 0 Å². The van der Waals surface area contributed by atoms with Crippen LogP contribution in [-0.2, 0) is 0 Å². The summed E-state index contributed by atoms with van der Waals surface area (Å²) >= 11 is 0. The Morgan fingerprint density at radius 3 is 2.11 bits per heavy atom. The number of hydrogen-bond acceptors (Lipinski definition) is 2. The number of ether oxygens (including phenoxy) is 1. The summed E-state index contributed by atoms with van der Waals surface area (Å²) in [6.07, 6.45) is 0. The Balaban J connectivity index is 2.08. The molecule has 0 bridgehead atoms. The van der Waals surface area contributed by atoms with Gasteiger partial charge in [-0.15, -0.1) is 0 Å². The second-order valence-electron chi connectivity index (χ2n) is 4.48. The van der Waals surface area contributed by atoms with E-state index < -0.39 is 0 Å². The summed E-state index contributed by atoms with van der Waals surface area (Å²) < 4.78 is 5.30. The molecule has 0 aliphatic carbocycles. The first-order valence-corrected chi connectivity index (χ1v) is 6.04. The van der Waals surface area contributed by atoms with Crippen LogP contribution in [0.2, 0.25) is 0 Å². The van der Waals surface area contributed by atoms with E-state index in [-0.39, 0.29) is 5.97 Å². The fourth-order valence-corrected chi connectivity index (χ4v) is 1.66. The van der Waals surface area contributed by atoms with Crippen molar-refractivity contribution in [2.24, 2.45) is 0 Å². The summed E-state index contributed by atoms with van der Waals surface area (Å²) in [5, 5.41) is 0. The lowest BCUT2D eigenvalue weighted by Crippen LogP contribution is -2.08. The first-order valence-electron chi connectivity index (χ1n) is 6.04. The zero-order valence-electron chi connectivity index (χ0n) is 10.6. The maximum atomic E-state index is 11.8. The largest absolute Gasteiger partial charge is 0.423 e. The van der Waals surface area contributed by atoms with Crippen molar-refractivity contribution >= 4 is 5.97 Å². The van der Waals surface area contributed by atoms with Crippen molar-refractivity contribution in [1.82, 2.24) is 0 Å². The quantitative estimate of drug-likeness (QED) is 0.598. The van der Waals surface area contributed by atoms with E-state index in [1.807, 2.05) is 42.5 Å². The molecule has 0 atom stereocenters. The van der Waals surface area contributed by atoms with Crippen LogP contribution in [0.1, 0.15) is 35.7 Å². The predicted molar refractivity (Wildman–Crippen MR) is 71.9 cm³/mol. The van der Waals surface area contributed by atoms with E-state index in [1.54, 1.807) is 12.1 Å². The van der Waals surface area contributed by atoms with Crippen LogP contribution >= 0.6 is 0 Å². The van der Waals surface area contributed by atoms with Gasteiger partial charge in [-0.05, 0) is 35.7 Å². The lowest BCUT2D eigenvalue weighted by molar-refractivity contribution is 0.0735. The molecular formula is C16H16O2. The number of benzene rings is 2. The summed E-state index contributed by atoms with van der Waals surface area (Å²) in [5.74, 6) is 0.727. The van der Waals surface area contributed by atoms with Crippen molar-refractivity contribution in [1.29, 1.82) is 0 Å². The standard InChI is InChI=1S/C16H16O2/c1-12(2)13-8-10-15(11-9-13)18-16(17)14-6-4-3-5-7-14/h3-12H,1-2H3. The number of carbonyl (C=O) groups is 1. The summed E-state index contributed by atoms with van der Waals surface area (Å²) in [6.45, 7) is 4.26. The number of hydrogen-bond donors (Lipinski definition) is 0. The van der Waals surface area contributed by atoms with E-state index in [0.29, 0.717) is 17.2 Å². The summed E-state index contributed by atoms with van der Waals surface area (Å²) in [4.78, 5) is 11.8. The molecule has 2 nitrogen and oxygen atoms in total. The zero-order chi connectivity index (χ0) is 13.0. The van der Waals surface area contributed by atoms with Crippen molar-refractivity contribution < 1.29 is 9.53 Å². The molecule has 0 spiro atoms. The lowest BCUT2D eigenvalue weighted by atomic mass is 10.0. The van der Waals surface area contributed by atoms with E-state index in [2.05, 4.69) is 13.8 Å². The maximum absolute atomic E-state index is 11.8. The van der Waals surface area contributed by atoms with Gasteiger partial charge in [0.15, 0.2) is 0 Å². The van der Waals surface area contributed by atoms with Gasteiger partial charge in [0, 0.05) is 0 Å². The Bertz CT molecular complexity index is 513. The predicted octanol–water partition coefficient (Wildman–Crippen LogP) is 4.03. The third kappa shape index (κ3) is 2.98. The summed E-state index contributed by atoms with van der Waals surface area (Å²) in [6, 6.07) is 16.6. The van der Waals surface area contributed by atoms with E-state index in [1.165, 1.54) is 5.56 Å². The third-order valence-electron chi connectivity index (χ3n) is 2.77. The number of carbonyl (C=O) groups excluding carboxylic acids is 1. The van der Waals surface area contributed by atoms with E-state index in [9.17, 15) is 4.79 Å². The van der Waals surface area contributed by atoms with Gasteiger partial charge in [0.1, 0.15) is 5.75 Å². The first kappa shape index (κ1) is 12.4. The van der Waals surface area contributed by atoms with Gasteiger partial charge in [-0.3, -0.25) is 0 Å². The fraction of sp³-hybridized carbons (Fsp3) is 0.188. The molecule has 2 rings (SSSR count). The average molecular weight is 240 g/mol. The second kappa shape index (κ2) is 5.50. The highest BCUT2D eigenvalue weighted by Gasteiger charge is 2.07. The monoisotopic (exact) mass is 240 g/mol. The molecule has 0 N–H and O–H groups in total. The van der Waals surface area contributed by atoms with Crippen molar-refractivity contribution in [2.45, 2.75) is 19.8 Å². The number of esters is 1. The minimum absolute atomic E-state index is 0.326. The van der Waals surface area contributed by atoms with Crippen molar-refractivity contribution in [2.75, 3.05) is 0 Å². The van der Waals surface area contributed by atoms with Gasteiger partial charge < -0.3 is 4.74 Å². The minimum Gasteiger partial charge on any atom is -0.423 e. The Morgan fingerprint density at radius 1 is 0.944 bits per heavy atom. The van der Waals surface area contributed by atoms with Crippen LogP contribution in [0.4, 0.5) is 0 Å². The average Bonchev–Trinajstić information content (AvgIpc) is 2.40. The molecular weight excluding hydrogens is 224 g/mol. The van der Waals surface area contributed by atoms with Crippen molar-refractivity contribution in [3.63, 3.8) is 0 Å². The van der Waals surface area contributed by atoms with E-state index in [0.717, 1.165) is 0 Å². The molecule has 0 aromatic heterocycles. The smallest absolute Gasteiger partial charge is 0.343 e. The van der Waals surface area contributed by atoms with Gasteiger partial charge in [-0.25, -0.2) is 4.79 Å². The minimum atomic E-state index is -0.326. The molecule has 0 aliphatic heterocycles. The fourth-order valence-electron chi connectivity index (χ4n) is 1.66. The molecule has 0 unspecified atom stereocenters. The van der Waals surface area contributed by atoms with Crippen LogP contribution < -0.4 is 4.74 Å². The first-order chi connectivity index (χ1) is 8.66. The maximum Gasteiger partial charge on any atom is 0.343 e. The molecule has 92 valence electrons. The molecule has 0 radical (unpaired) electrons. The Morgan fingerprint density at radius 2 is 1.56 bits per heavy atom. The van der Waals surface area contributed by atoms with Crippen LogP contribution in [0.25, 0.3) is 0 Å². The van der Waals surface area contributed by atoms with Crippen LogP contribution in [0.3, 0.4) is 0 Å². The normalized spacial score (nSPS) is 10.4. The Hall–Kier alpha value is -2.09. The van der Waals surface area contributed by atoms with Crippen molar-refractivity contribution in [3.8, 4) is 5.75 Å². The molecule has 0 heterocycles. The molecule has 2 aromatic rings. The van der Waals surface area contributed by atoms with Gasteiger partial charge in [-0.2, -0.15) is 0 Å². The zero-order valence-corrected chi connectivity index (χ0v) is 10.6. The van der Waals surface area contributed by atoms with Gasteiger partial charge in [0.2, 0.25) is 0 Å². The highest BCUT2D eigenvalue weighted by Crippen LogP contribution is 2.19. The lowest BCUT2D eigenvalue weighted by Gasteiger charge is -2.07. The Kier molecular flexibility index (Phi) is 3.78. The molecule has 0 saturated heterocycles. The van der Waals surface area contributed by atoms with Crippen molar-refractivity contribution in [3.05, 3.63) is 65.7 Å². The number of rotatable bonds is 3. The molecule has 0 amide bonds. The van der Waals surface area contributed by atoms with Crippen LogP contribution in [0.5, 0.6) is 5.75 Å². The summed E-state index contributed by atoms with van der Waals surface area (Å²) in [7, 11) is 0.